The number of nitrogens with zero attached hydrogens (tertiary/aromatic N) is 4. The lowest BCUT2D eigenvalue weighted by molar-refractivity contribution is 0.414. The van der Waals surface area contributed by atoms with E-state index >= 15 is 0 Å². The Morgan fingerprint density at radius 1 is 1.15 bits per heavy atom. The topological polar surface area (TPSA) is 61.4 Å². The molecule has 136 valence electrons. The molecule has 27 heavy (non-hydrogen) atoms. The second kappa shape index (κ2) is 7.28. The zero-order valence-electron chi connectivity index (χ0n) is 14.8. The Labute approximate surface area is 160 Å². The number of hydrogen-bond donors (Lipinski definition) is 0. The predicted octanol–water partition coefficient (Wildman–Crippen LogP) is 3.53. The summed E-state index contributed by atoms with van der Waals surface area (Å²) >= 11 is 1.58. The molecule has 0 aliphatic heterocycles. The first-order valence-electron chi connectivity index (χ1n) is 8.46. The van der Waals surface area contributed by atoms with E-state index < -0.39 is 0 Å². The number of thioether (sulfide) groups is 1. The van der Waals surface area contributed by atoms with Crippen molar-refractivity contribution in [3.63, 3.8) is 0 Å². The van der Waals surface area contributed by atoms with Crippen LogP contribution in [0.15, 0.2) is 71.1 Å². The summed E-state index contributed by atoms with van der Waals surface area (Å²) in [5.74, 6) is 2.09. The number of rotatable bonds is 6. The first-order chi connectivity index (χ1) is 13.2. The maximum absolute atomic E-state index is 12.8. The lowest BCUT2D eigenvalue weighted by atomic mass is 10.2. The molecule has 2 aromatic heterocycles. The van der Waals surface area contributed by atoms with Crippen LogP contribution in [-0.4, -0.2) is 26.3 Å². The fourth-order valence-electron chi connectivity index (χ4n) is 2.99. The van der Waals surface area contributed by atoms with Gasteiger partial charge in [-0.15, -0.1) is 16.8 Å². The van der Waals surface area contributed by atoms with Gasteiger partial charge in [0.25, 0.3) is 5.56 Å². The lowest BCUT2D eigenvalue weighted by Crippen LogP contribution is -2.22. The summed E-state index contributed by atoms with van der Waals surface area (Å²) < 4.78 is 8.73. The van der Waals surface area contributed by atoms with Crippen molar-refractivity contribution in [3.05, 3.63) is 77.1 Å². The molecule has 0 bridgehead atoms. The molecule has 0 aliphatic carbocycles. The molecule has 0 N–H and O–H groups in total. The zero-order valence-corrected chi connectivity index (χ0v) is 15.6. The minimum absolute atomic E-state index is 0.0860. The molecule has 7 heteroatoms. The van der Waals surface area contributed by atoms with E-state index in [-0.39, 0.29) is 5.56 Å². The molecule has 0 aliphatic rings. The van der Waals surface area contributed by atoms with Crippen LogP contribution in [0.2, 0.25) is 0 Å². The van der Waals surface area contributed by atoms with Gasteiger partial charge in [-0.2, -0.15) is 0 Å². The Kier molecular flexibility index (Phi) is 4.68. The second-order valence-corrected chi connectivity index (χ2v) is 6.92. The minimum Gasteiger partial charge on any atom is -0.497 e. The highest BCUT2D eigenvalue weighted by molar-refractivity contribution is 7.98. The number of ether oxygens (including phenoxy) is 1. The van der Waals surface area contributed by atoms with Gasteiger partial charge in [-0.25, -0.2) is 0 Å². The van der Waals surface area contributed by atoms with Gasteiger partial charge in [0.1, 0.15) is 5.75 Å². The molecule has 4 rings (SSSR count). The second-order valence-electron chi connectivity index (χ2n) is 5.98. The summed E-state index contributed by atoms with van der Waals surface area (Å²) in [7, 11) is 1.65. The van der Waals surface area contributed by atoms with Crippen LogP contribution in [0.3, 0.4) is 0 Å². The van der Waals surface area contributed by atoms with Crippen molar-refractivity contribution in [2.24, 2.45) is 0 Å². The Morgan fingerprint density at radius 3 is 2.67 bits per heavy atom. The van der Waals surface area contributed by atoms with Gasteiger partial charge in [0.05, 0.1) is 18.0 Å². The van der Waals surface area contributed by atoms with E-state index in [9.17, 15) is 4.79 Å². The predicted molar refractivity (Wildman–Crippen MR) is 108 cm³/mol. The number of para-hydroxylation sites is 1. The summed E-state index contributed by atoms with van der Waals surface area (Å²) in [4.78, 5) is 12.8. The maximum atomic E-state index is 12.8. The van der Waals surface area contributed by atoms with E-state index in [2.05, 4.69) is 16.8 Å². The molecule has 6 nitrogen and oxygen atoms in total. The van der Waals surface area contributed by atoms with Gasteiger partial charge >= 0.3 is 0 Å². The molecule has 0 atom stereocenters. The fourth-order valence-corrected chi connectivity index (χ4v) is 3.89. The molecule has 0 amide bonds. The third-order valence-electron chi connectivity index (χ3n) is 4.32. The molecule has 2 heterocycles. The monoisotopic (exact) mass is 378 g/mol. The van der Waals surface area contributed by atoms with Crippen LogP contribution < -0.4 is 10.3 Å². The van der Waals surface area contributed by atoms with Crippen molar-refractivity contribution in [2.75, 3.05) is 7.11 Å². The van der Waals surface area contributed by atoms with Crippen molar-refractivity contribution < 1.29 is 4.74 Å². The van der Waals surface area contributed by atoms with Crippen LogP contribution in [0.1, 0.15) is 5.56 Å². The quantitative estimate of drug-likeness (QED) is 0.379. The van der Waals surface area contributed by atoms with Crippen molar-refractivity contribution in [1.29, 1.82) is 0 Å². The highest BCUT2D eigenvalue weighted by Gasteiger charge is 2.16. The minimum atomic E-state index is -0.0860. The molecule has 0 fully saturated rings. The normalized spacial score (nSPS) is 11.1. The third-order valence-corrected chi connectivity index (χ3v) is 5.32. The number of allylic oxidation sites excluding steroid dienone is 1. The van der Waals surface area contributed by atoms with Crippen LogP contribution in [-0.2, 0) is 12.3 Å². The van der Waals surface area contributed by atoms with Crippen molar-refractivity contribution in [2.45, 2.75) is 17.5 Å². The SMILES string of the molecule is C=CCn1c(=O)c2ccccc2n2c(SCc3ccc(OC)cc3)nnc12. The number of methoxy groups -OCH3 is 1. The van der Waals surface area contributed by atoms with Crippen molar-refractivity contribution in [3.8, 4) is 5.75 Å². The van der Waals surface area contributed by atoms with Gasteiger partial charge < -0.3 is 4.74 Å². The van der Waals surface area contributed by atoms with E-state index in [0.29, 0.717) is 17.7 Å². The Balaban J connectivity index is 1.79. The summed E-state index contributed by atoms with van der Waals surface area (Å²) in [6, 6.07) is 15.5. The zero-order chi connectivity index (χ0) is 18.8. The van der Waals surface area contributed by atoms with E-state index in [1.54, 1.807) is 29.5 Å². The average Bonchev–Trinajstić information content (AvgIpc) is 3.14. The van der Waals surface area contributed by atoms with E-state index in [1.807, 2.05) is 52.9 Å². The van der Waals surface area contributed by atoms with Crippen LogP contribution in [0.4, 0.5) is 0 Å². The van der Waals surface area contributed by atoms with Crippen LogP contribution in [0.25, 0.3) is 16.7 Å². The van der Waals surface area contributed by atoms with E-state index in [1.165, 1.54) is 0 Å². The number of aromatic nitrogens is 4. The van der Waals surface area contributed by atoms with Gasteiger partial charge in [0.15, 0.2) is 5.16 Å². The lowest BCUT2D eigenvalue weighted by Gasteiger charge is -2.09. The molecular formula is C20H18N4O2S. The van der Waals surface area contributed by atoms with Gasteiger partial charge in [-0.1, -0.05) is 42.1 Å². The largest absolute Gasteiger partial charge is 0.497 e. The number of benzene rings is 2. The van der Waals surface area contributed by atoms with Gasteiger partial charge in [-0.05, 0) is 29.8 Å². The van der Waals surface area contributed by atoms with Crippen LogP contribution in [0, 0.1) is 0 Å². The summed E-state index contributed by atoms with van der Waals surface area (Å²) in [6.45, 7) is 4.13. The number of hydrogen-bond acceptors (Lipinski definition) is 5. The van der Waals surface area contributed by atoms with Crippen LogP contribution >= 0.6 is 11.8 Å². The van der Waals surface area contributed by atoms with Crippen molar-refractivity contribution >= 4 is 28.4 Å². The third kappa shape index (κ3) is 3.10. The molecule has 4 aromatic rings. The van der Waals surface area contributed by atoms with Gasteiger partial charge in [0, 0.05) is 12.3 Å². The van der Waals surface area contributed by atoms with E-state index in [4.69, 9.17) is 4.74 Å². The highest BCUT2D eigenvalue weighted by atomic mass is 32.2. The fraction of sp³-hybridized carbons (Fsp3) is 0.150. The summed E-state index contributed by atoms with van der Waals surface area (Å²) in [5, 5.41) is 9.99. The first kappa shape index (κ1) is 17.4. The Bertz CT molecular complexity index is 1180. The highest BCUT2D eigenvalue weighted by Crippen LogP contribution is 2.25. The molecular weight excluding hydrogens is 360 g/mol. The van der Waals surface area contributed by atoms with Gasteiger partial charge in [0.2, 0.25) is 5.78 Å². The van der Waals surface area contributed by atoms with Crippen LogP contribution in [0.5, 0.6) is 5.75 Å². The molecule has 0 spiro atoms. The molecule has 2 aromatic carbocycles. The van der Waals surface area contributed by atoms with Gasteiger partial charge in [-0.3, -0.25) is 13.8 Å². The van der Waals surface area contributed by atoms with Crippen molar-refractivity contribution in [1.82, 2.24) is 19.2 Å². The standard InChI is InChI=1S/C20H18N4O2S/c1-3-12-23-18(25)16-6-4-5-7-17(16)24-19(23)21-22-20(24)27-13-14-8-10-15(26-2)11-9-14/h3-11H,1,12-13H2,2H3. The Hall–Kier alpha value is -3.06. The molecule has 0 radical (unpaired) electrons. The summed E-state index contributed by atoms with van der Waals surface area (Å²) in [5.41, 5.74) is 1.87. The molecule has 0 saturated heterocycles. The van der Waals surface area contributed by atoms with E-state index in [0.717, 1.165) is 27.7 Å². The molecule has 0 saturated carbocycles. The Morgan fingerprint density at radius 2 is 1.93 bits per heavy atom. The molecule has 0 unspecified atom stereocenters. The first-order valence-corrected chi connectivity index (χ1v) is 9.45. The maximum Gasteiger partial charge on any atom is 0.263 e. The number of fused-ring (bicyclic) bond motifs is 3. The summed E-state index contributed by atoms with van der Waals surface area (Å²) in [6.07, 6.45) is 1.69. The smallest absolute Gasteiger partial charge is 0.263 e. The average molecular weight is 378 g/mol.